The third-order valence-corrected chi connectivity index (χ3v) is 3.11. The Kier molecular flexibility index (Phi) is 5.16. The molecule has 0 unspecified atom stereocenters. The summed E-state index contributed by atoms with van der Waals surface area (Å²) in [7, 11) is 1.99. The van der Waals surface area contributed by atoms with E-state index in [1.807, 2.05) is 7.05 Å². The van der Waals surface area contributed by atoms with Gasteiger partial charge in [0.15, 0.2) is 0 Å². The Morgan fingerprint density at radius 1 is 1.18 bits per heavy atom. The standard InChI is InChI=1S/C15H26N2/c1-12-6-7-14(13(2)10-12)8-9-17-15(3,4)11-16-5/h6-7,10,16-17H,8-9,11H2,1-5H3. The van der Waals surface area contributed by atoms with Gasteiger partial charge in [0.05, 0.1) is 0 Å². The summed E-state index contributed by atoms with van der Waals surface area (Å²) >= 11 is 0. The van der Waals surface area contributed by atoms with Gasteiger partial charge in [0.1, 0.15) is 0 Å². The molecule has 96 valence electrons. The molecule has 0 aliphatic carbocycles. The van der Waals surface area contributed by atoms with E-state index in [4.69, 9.17) is 0 Å². The van der Waals surface area contributed by atoms with E-state index < -0.39 is 0 Å². The summed E-state index contributed by atoms with van der Waals surface area (Å²) in [4.78, 5) is 0. The van der Waals surface area contributed by atoms with Gasteiger partial charge in [0.2, 0.25) is 0 Å². The number of aryl methyl sites for hydroxylation is 2. The monoisotopic (exact) mass is 234 g/mol. The van der Waals surface area contributed by atoms with Crippen LogP contribution in [-0.4, -0.2) is 25.7 Å². The van der Waals surface area contributed by atoms with Gasteiger partial charge < -0.3 is 10.6 Å². The first kappa shape index (κ1) is 14.2. The largest absolute Gasteiger partial charge is 0.318 e. The topological polar surface area (TPSA) is 24.1 Å². The van der Waals surface area contributed by atoms with Gasteiger partial charge >= 0.3 is 0 Å². The number of hydrogen-bond donors (Lipinski definition) is 2. The Labute approximate surface area is 106 Å². The van der Waals surface area contributed by atoms with E-state index in [2.05, 4.69) is 56.5 Å². The summed E-state index contributed by atoms with van der Waals surface area (Å²) in [5.41, 5.74) is 4.35. The van der Waals surface area contributed by atoms with Crippen LogP contribution in [0.3, 0.4) is 0 Å². The summed E-state index contributed by atoms with van der Waals surface area (Å²) in [6.07, 6.45) is 1.10. The second kappa shape index (κ2) is 6.18. The van der Waals surface area contributed by atoms with Crippen molar-refractivity contribution in [3.05, 3.63) is 34.9 Å². The maximum atomic E-state index is 3.59. The molecule has 0 saturated carbocycles. The van der Waals surface area contributed by atoms with Crippen molar-refractivity contribution in [2.75, 3.05) is 20.1 Å². The van der Waals surface area contributed by atoms with E-state index in [0.29, 0.717) is 0 Å². The first-order valence-electron chi connectivity index (χ1n) is 6.40. The highest BCUT2D eigenvalue weighted by molar-refractivity contribution is 5.30. The quantitative estimate of drug-likeness (QED) is 0.790. The molecule has 0 atom stereocenters. The van der Waals surface area contributed by atoms with Gasteiger partial charge in [-0.3, -0.25) is 0 Å². The number of benzene rings is 1. The van der Waals surface area contributed by atoms with Gasteiger partial charge in [-0.05, 0) is 58.8 Å². The van der Waals surface area contributed by atoms with Crippen molar-refractivity contribution in [2.24, 2.45) is 0 Å². The average molecular weight is 234 g/mol. The third-order valence-electron chi connectivity index (χ3n) is 3.11. The zero-order valence-electron chi connectivity index (χ0n) is 11.9. The maximum Gasteiger partial charge on any atom is 0.0249 e. The number of rotatable bonds is 6. The molecule has 0 radical (unpaired) electrons. The van der Waals surface area contributed by atoms with Crippen LogP contribution < -0.4 is 10.6 Å². The smallest absolute Gasteiger partial charge is 0.0249 e. The van der Waals surface area contributed by atoms with Gasteiger partial charge in [-0.25, -0.2) is 0 Å². The van der Waals surface area contributed by atoms with Crippen LogP contribution in [0.5, 0.6) is 0 Å². The normalized spacial score (nSPS) is 11.8. The van der Waals surface area contributed by atoms with Gasteiger partial charge in [-0.1, -0.05) is 23.8 Å². The van der Waals surface area contributed by atoms with Crippen LogP contribution in [-0.2, 0) is 6.42 Å². The number of likely N-dealkylation sites (N-methyl/N-ethyl adjacent to an activating group) is 1. The second-order valence-electron chi connectivity index (χ2n) is 5.52. The van der Waals surface area contributed by atoms with Crippen LogP contribution in [0.2, 0.25) is 0 Å². The summed E-state index contributed by atoms with van der Waals surface area (Å²) < 4.78 is 0. The van der Waals surface area contributed by atoms with Crippen molar-refractivity contribution < 1.29 is 0 Å². The number of hydrogen-bond acceptors (Lipinski definition) is 2. The highest BCUT2D eigenvalue weighted by Crippen LogP contribution is 2.11. The maximum absolute atomic E-state index is 3.59. The fourth-order valence-corrected chi connectivity index (χ4v) is 2.17. The highest BCUT2D eigenvalue weighted by atomic mass is 15.0. The Morgan fingerprint density at radius 3 is 2.47 bits per heavy atom. The lowest BCUT2D eigenvalue weighted by molar-refractivity contribution is 0.378. The molecular formula is C15H26N2. The van der Waals surface area contributed by atoms with Crippen LogP contribution in [0.25, 0.3) is 0 Å². The molecule has 2 nitrogen and oxygen atoms in total. The minimum atomic E-state index is 0.160. The molecule has 0 bridgehead atoms. The highest BCUT2D eigenvalue weighted by Gasteiger charge is 2.14. The van der Waals surface area contributed by atoms with Crippen LogP contribution in [0.4, 0.5) is 0 Å². The lowest BCUT2D eigenvalue weighted by Gasteiger charge is -2.26. The SMILES string of the molecule is CNCC(C)(C)NCCc1ccc(C)cc1C. The van der Waals surface area contributed by atoms with Gasteiger partial charge in [-0.2, -0.15) is 0 Å². The summed E-state index contributed by atoms with van der Waals surface area (Å²) in [5.74, 6) is 0. The summed E-state index contributed by atoms with van der Waals surface area (Å²) in [5, 5.41) is 6.80. The zero-order valence-corrected chi connectivity index (χ0v) is 11.9. The zero-order chi connectivity index (χ0) is 12.9. The van der Waals surface area contributed by atoms with Crippen LogP contribution in [0.15, 0.2) is 18.2 Å². The average Bonchev–Trinajstić information content (AvgIpc) is 2.21. The van der Waals surface area contributed by atoms with Crippen molar-refractivity contribution >= 4 is 0 Å². The molecule has 1 aromatic carbocycles. The fourth-order valence-electron chi connectivity index (χ4n) is 2.17. The van der Waals surface area contributed by atoms with Crippen LogP contribution in [0, 0.1) is 13.8 Å². The van der Waals surface area contributed by atoms with E-state index in [-0.39, 0.29) is 5.54 Å². The molecule has 0 fully saturated rings. The molecule has 17 heavy (non-hydrogen) atoms. The van der Waals surface area contributed by atoms with Gasteiger partial charge in [-0.15, -0.1) is 0 Å². The molecule has 1 rings (SSSR count). The first-order chi connectivity index (χ1) is 7.94. The van der Waals surface area contributed by atoms with Crippen molar-refractivity contribution in [1.29, 1.82) is 0 Å². The molecule has 2 N–H and O–H groups in total. The van der Waals surface area contributed by atoms with Gasteiger partial charge in [0, 0.05) is 12.1 Å². The molecular weight excluding hydrogens is 208 g/mol. The molecule has 0 spiro atoms. The predicted octanol–water partition coefficient (Wildman–Crippen LogP) is 2.43. The predicted molar refractivity (Wildman–Crippen MR) is 75.6 cm³/mol. The Bertz CT molecular complexity index is 356. The molecule has 0 aromatic heterocycles. The molecule has 1 aromatic rings. The second-order valence-corrected chi connectivity index (χ2v) is 5.52. The molecule has 2 heteroatoms. The molecule has 0 saturated heterocycles. The Balaban J connectivity index is 2.46. The molecule has 0 aliphatic rings. The van der Waals surface area contributed by atoms with E-state index in [0.717, 1.165) is 19.5 Å². The lowest BCUT2D eigenvalue weighted by atomic mass is 10.0. The van der Waals surface area contributed by atoms with E-state index >= 15 is 0 Å². The molecule has 0 amide bonds. The third kappa shape index (κ3) is 4.88. The van der Waals surface area contributed by atoms with E-state index in [1.165, 1.54) is 16.7 Å². The van der Waals surface area contributed by atoms with E-state index in [9.17, 15) is 0 Å². The van der Waals surface area contributed by atoms with Crippen molar-refractivity contribution in [3.63, 3.8) is 0 Å². The van der Waals surface area contributed by atoms with Gasteiger partial charge in [0.25, 0.3) is 0 Å². The van der Waals surface area contributed by atoms with Crippen molar-refractivity contribution in [1.82, 2.24) is 10.6 Å². The van der Waals surface area contributed by atoms with Crippen LogP contribution in [0.1, 0.15) is 30.5 Å². The summed E-state index contributed by atoms with van der Waals surface area (Å²) in [6, 6.07) is 6.70. The van der Waals surface area contributed by atoms with Crippen molar-refractivity contribution in [3.8, 4) is 0 Å². The Morgan fingerprint density at radius 2 is 1.88 bits per heavy atom. The van der Waals surface area contributed by atoms with E-state index in [1.54, 1.807) is 0 Å². The fraction of sp³-hybridized carbons (Fsp3) is 0.600. The molecule has 0 aliphatic heterocycles. The Hall–Kier alpha value is -0.860. The molecule has 0 heterocycles. The minimum Gasteiger partial charge on any atom is -0.318 e. The first-order valence-corrected chi connectivity index (χ1v) is 6.40. The number of nitrogens with one attached hydrogen (secondary N) is 2. The summed E-state index contributed by atoms with van der Waals surface area (Å²) in [6.45, 7) is 10.8. The minimum absolute atomic E-state index is 0.160. The van der Waals surface area contributed by atoms with Crippen molar-refractivity contribution in [2.45, 2.75) is 39.7 Å². The van der Waals surface area contributed by atoms with Crippen LogP contribution >= 0.6 is 0 Å². The lowest BCUT2D eigenvalue weighted by Crippen LogP contribution is -2.47.